The molecular formula is C19H23NO2. The molecule has 0 N–H and O–H groups in total. The van der Waals surface area contributed by atoms with Gasteiger partial charge in [0.15, 0.2) is 0 Å². The molecule has 0 spiro atoms. The summed E-state index contributed by atoms with van der Waals surface area (Å²) in [5.74, 6) is 1.76. The molecule has 0 saturated carbocycles. The van der Waals surface area contributed by atoms with Gasteiger partial charge in [0.05, 0.1) is 7.11 Å². The van der Waals surface area contributed by atoms with Crippen LogP contribution in [0.4, 0.5) is 0 Å². The largest absolute Gasteiger partial charge is 0.497 e. The van der Waals surface area contributed by atoms with Gasteiger partial charge in [0.25, 0.3) is 0 Å². The molecular weight excluding hydrogens is 274 g/mol. The Bertz CT molecular complexity index is 568. The maximum Gasteiger partial charge on any atom is 0.119 e. The van der Waals surface area contributed by atoms with E-state index in [1.807, 2.05) is 24.3 Å². The van der Waals surface area contributed by atoms with E-state index in [1.165, 1.54) is 18.4 Å². The first kappa shape index (κ1) is 14.9. The Morgan fingerprint density at radius 2 is 1.73 bits per heavy atom. The maximum atomic E-state index is 5.85. The number of hydrogen-bond acceptors (Lipinski definition) is 3. The van der Waals surface area contributed by atoms with Crippen molar-refractivity contribution in [3.8, 4) is 11.5 Å². The molecule has 1 atom stereocenters. The summed E-state index contributed by atoms with van der Waals surface area (Å²) in [5, 5.41) is 0. The van der Waals surface area contributed by atoms with Gasteiger partial charge in [0, 0.05) is 12.6 Å². The Kier molecular flexibility index (Phi) is 4.96. The van der Waals surface area contributed by atoms with Crippen LogP contribution < -0.4 is 9.47 Å². The molecule has 2 aromatic rings. The predicted octanol–water partition coefficient (Wildman–Crippen LogP) is 3.91. The van der Waals surface area contributed by atoms with Gasteiger partial charge < -0.3 is 9.47 Å². The van der Waals surface area contributed by atoms with Gasteiger partial charge in [0.2, 0.25) is 0 Å². The van der Waals surface area contributed by atoms with Crippen LogP contribution in [0.3, 0.4) is 0 Å². The van der Waals surface area contributed by atoms with Crippen molar-refractivity contribution in [1.82, 2.24) is 4.90 Å². The summed E-state index contributed by atoms with van der Waals surface area (Å²) < 4.78 is 11.0. The summed E-state index contributed by atoms with van der Waals surface area (Å²) in [6.07, 6.45) is 2.51. The number of likely N-dealkylation sites (tertiary alicyclic amines) is 1. The van der Waals surface area contributed by atoms with Gasteiger partial charge in [-0.1, -0.05) is 30.3 Å². The lowest BCUT2D eigenvalue weighted by atomic mass is 10.0. The minimum Gasteiger partial charge on any atom is -0.497 e. The molecule has 3 heteroatoms. The molecule has 1 saturated heterocycles. The van der Waals surface area contributed by atoms with E-state index in [1.54, 1.807) is 7.11 Å². The Labute approximate surface area is 132 Å². The van der Waals surface area contributed by atoms with Crippen molar-refractivity contribution in [3.63, 3.8) is 0 Å². The molecule has 22 heavy (non-hydrogen) atoms. The molecule has 0 amide bonds. The van der Waals surface area contributed by atoms with Crippen LogP contribution in [-0.4, -0.2) is 31.7 Å². The smallest absolute Gasteiger partial charge is 0.119 e. The highest BCUT2D eigenvalue weighted by Crippen LogP contribution is 2.31. The lowest BCUT2D eigenvalue weighted by Gasteiger charge is -2.24. The number of methoxy groups -OCH3 is 1. The molecule has 3 nitrogen and oxygen atoms in total. The molecule has 116 valence electrons. The van der Waals surface area contributed by atoms with Crippen molar-refractivity contribution < 1.29 is 9.47 Å². The maximum absolute atomic E-state index is 5.85. The minimum absolute atomic E-state index is 0.542. The summed E-state index contributed by atoms with van der Waals surface area (Å²) in [6.45, 7) is 2.84. The zero-order chi connectivity index (χ0) is 15.2. The van der Waals surface area contributed by atoms with Gasteiger partial charge in [-0.2, -0.15) is 0 Å². The summed E-state index contributed by atoms with van der Waals surface area (Å²) in [4.78, 5) is 2.53. The lowest BCUT2D eigenvalue weighted by Crippen LogP contribution is -2.28. The highest BCUT2D eigenvalue weighted by molar-refractivity contribution is 5.31. The SMILES string of the molecule is COc1ccc(OCCN2CCCC2c2ccccc2)cc1. The summed E-state index contributed by atoms with van der Waals surface area (Å²) in [5.41, 5.74) is 1.42. The average molecular weight is 297 g/mol. The van der Waals surface area contributed by atoms with E-state index in [4.69, 9.17) is 9.47 Å². The highest BCUT2D eigenvalue weighted by atomic mass is 16.5. The summed E-state index contributed by atoms with van der Waals surface area (Å²) >= 11 is 0. The summed E-state index contributed by atoms with van der Waals surface area (Å²) in [7, 11) is 1.67. The van der Waals surface area contributed by atoms with E-state index in [9.17, 15) is 0 Å². The Hall–Kier alpha value is -2.00. The van der Waals surface area contributed by atoms with Gasteiger partial charge >= 0.3 is 0 Å². The number of hydrogen-bond donors (Lipinski definition) is 0. The highest BCUT2D eigenvalue weighted by Gasteiger charge is 2.25. The minimum atomic E-state index is 0.542. The number of rotatable bonds is 6. The zero-order valence-electron chi connectivity index (χ0n) is 13.1. The third kappa shape index (κ3) is 3.60. The van der Waals surface area contributed by atoms with E-state index >= 15 is 0 Å². The fourth-order valence-electron chi connectivity index (χ4n) is 3.10. The second-order valence-electron chi connectivity index (χ2n) is 5.63. The average Bonchev–Trinajstić information content (AvgIpc) is 3.05. The third-order valence-corrected chi connectivity index (χ3v) is 4.25. The second kappa shape index (κ2) is 7.32. The molecule has 0 radical (unpaired) electrons. The van der Waals surface area contributed by atoms with E-state index in [-0.39, 0.29) is 0 Å². The molecule has 0 aromatic heterocycles. The number of ether oxygens (including phenoxy) is 2. The molecule has 2 aromatic carbocycles. The monoisotopic (exact) mass is 297 g/mol. The fourth-order valence-corrected chi connectivity index (χ4v) is 3.10. The molecule has 1 aliphatic heterocycles. The van der Waals surface area contributed by atoms with Gasteiger partial charge in [0.1, 0.15) is 18.1 Å². The first-order valence-corrected chi connectivity index (χ1v) is 7.92. The van der Waals surface area contributed by atoms with Crippen LogP contribution in [0.15, 0.2) is 54.6 Å². The van der Waals surface area contributed by atoms with Crippen LogP contribution in [-0.2, 0) is 0 Å². The van der Waals surface area contributed by atoms with Gasteiger partial charge in [-0.3, -0.25) is 4.90 Å². The topological polar surface area (TPSA) is 21.7 Å². The van der Waals surface area contributed by atoms with Crippen LogP contribution >= 0.6 is 0 Å². The Morgan fingerprint density at radius 1 is 1.00 bits per heavy atom. The van der Waals surface area contributed by atoms with Crippen LogP contribution in [0.25, 0.3) is 0 Å². The normalized spacial score (nSPS) is 18.3. The molecule has 1 fully saturated rings. The lowest BCUT2D eigenvalue weighted by molar-refractivity contribution is 0.197. The first-order chi connectivity index (χ1) is 10.9. The standard InChI is InChI=1S/C19H23NO2/c1-21-17-9-11-18(12-10-17)22-15-14-20-13-5-8-19(20)16-6-3-2-4-7-16/h2-4,6-7,9-12,19H,5,8,13-15H2,1H3. The molecule has 3 rings (SSSR count). The molecule has 1 aliphatic rings. The van der Waals surface area contributed by atoms with Crippen LogP contribution in [0, 0.1) is 0 Å². The predicted molar refractivity (Wildman–Crippen MR) is 88.5 cm³/mol. The van der Waals surface area contributed by atoms with Gasteiger partial charge in [-0.05, 0) is 49.2 Å². The summed E-state index contributed by atoms with van der Waals surface area (Å²) in [6, 6.07) is 19.1. The van der Waals surface area contributed by atoms with Crippen LogP contribution in [0.5, 0.6) is 11.5 Å². The van der Waals surface area contributed by atoms with E-state index in [0.29, 0.717) is 6.04 Å². The zero-order valence-corrected chi connectivity index (χ0v) is 13.1. The van der Waals surface area contributed by atoms with Gasteiger partial charge in [-0.25, -0.2) is 0 Å². The molecule has 0 bridgehead atoms. The van der Waals surface area contributed by atoms with Crippen LogP contribution in [0.1, 0.15) is 24.4 Å². The van der Waals surface area contributed by atoms with Crippen molar-refractivity contribution in [1.29, 1.82) is 0 Å². The Morgan fingerprint density at radius 3 is 2.45 bits per heavy atom. The van der Waals surface area contributed by atoms with Gasteiger partial charge in [-0.15, -0.1) is 0 Å². The molecule has 1 unspecified atom stereocenters. The number of benzene rings is 2. The third-order valence-electron chi connectivity index (χ3n) is 4.25. The Balaban J connectivity index is 1.52. The first-order valence-electron chi connectivity index (χ1n) is 7.92. The molecule has 0 aliphatic carbocycles. The number of nitrogens with zero attached hydrogens (tertiary/aromatic N) is 1. The quantitative estimate of drug-likeness (QED) is 0.807. The second-order valence-corrected chi connectivity index (χ2v) is 5.63. The van der Waals surface area contributed by atoms with E-state index < -0.39 is 0 Å². The van der Waals surface area contributed by atoms with Crippen LogP contribution in [0.2, 0.25) is 0 Å². The van der Waals surface area contributed by atoms with E-state index in [0.717, 1.165) is 31.2 Å². The van der Waals surface area contributed by atoms with E-state index in [2.05, 4.69) is 35.2 Å². The van der Waals surface area contributed by atoms with Crippen molar-refractivity contribution in [2.24, 2.45) is 0 Å². The fraction of sp³-hybridized carbons (Fsp3) is 0.368. The molecule has 1 heterocycles. The van der Waals surface area contributed by atoms with Crippen molar-refractivity contribution >= 4 is 0 Å². The van der Waals surface area contributed by atoms with Crippen molar-refractivity contribution in [2.75, 3.05) is 26.8 Å². The van der Waals surface area contributed by atoms with Crippen molar-refractivity contribution in [2.45, 2.75) is 18.9 Å². The van der Waals surface area contributed by atoms with Crippen molar-refractivity contribution in [3.05, 3.63) is 60.2 Å².